The van der Waals surface area contributed by atoms with Crippen LogP contribution in [0.3, 0.4) is 0 Å². The first-order valence-electron chi connectivity index (χ1n) is 3.93. The molecule has 3 N–H and O–H groups in total. The Morgan fingerprint density at radius 1 is 1.67 bits per heavy atom. The standard InChI is InChI=1S/C8H9N3O2S2/c1-4(12)11-8-10-3-5(15-8)2-6(14)7(9)13/h2-3,14H,1H3,(H2,9,13)(H,10,11,12)/b6-2-. The first-order chi connectivity index (χ1) is 6.99. The average Bonchev–Trinajstić information content (AvgIpc) is 2.51. The van der Waals surface area contributed by atoms with Crippen molar-refractivity contribution in [1.82, 2.24) is 4.98 Å². The molecule has 0 bridgehead atoms. The van der Waals surface area contributed by atoms with Crippen LogP contribution in [0.1, 0.15) is 11.8 Å². The summed E-state index contributed by atoms with van der Waals surface area (Å²) in [7, 11) is 0. The fourth-order valence-electron chi connectivity index (χ4n) is 0.768. The molecular formula is C8H9N3O2S2. The number of hydrogen-bond donors (Lipinski definition) is 3. The summed E-state index contributed by atoms with van der Waals surface area (Å²) in [4.78, 5) is 26.2. The summed E-state index contributed by atoms with van der Waals surface area (Å²) in [5.41, 5.74) is 5.00. The molecule has 0 saturated heterocycles. The maximum atomic E-state index is 10.7. The van der Waals surface area contributed by atoms with Crippen LogP contribution in [-0.4, -0.2) is 16.8 Å². The largest absolute Gasteiger partial charge is 0.365 e. The summed E-state index contributed by atoms with van der Waals surface area (Å²) >= 11 is 5.12. The number of carbonyl (C=O) groups is 2. The molecule has 0 spiro atoms. The molecule has 2 amide bonds. The van der Waals surface area contributed by atoms with Gasteiger partial charge in [-0.2, -0.15) is 0 Å². The van der Waals surface area contributed by atoms with Crippen molar-refractivity contribution < 1.29 is 9.59 Å². The molecule has 5 nitrogen and oxygen atoms in total. The first kappa shape index (κ1) is 11.7. The molecule has 1 aromatic rings. The lowest BCUT2D eigenvalue weighted by atomic mass is 10.4. The predicted octanol–water partition coefficient (Wildman–Crippen LogP) is 0.858. The van der Waals surface area contributed by atoms with Gasteiger partial charge < -0.3 is 11.1 Å². The molecule has 0 radical (unpaired) electrons. The molecular weight excluding hydrogens is 234 g/mol. The number of thiol groups is 1. The summed E-state index contributed by atoms with van der Waals surface area (Å²) < 4.78 is 0. The van der Waals surface area contributed by atoms with Crippen LogP contribution in [-0.2, 0) is 9.59 Å². The van der Waals surface area contributed by atoms with Gasteiger partial charge in [0.25, 0.3) is 5.91 Å². The van der Waals surface area contributed by atoms with Gasteiger partial charge >= 0.3 is 0 Å². The van der Waals surface area contributed by atoms with E-state index in [0.29, 0.717) is 10.0 Å². The maximum absolute atomic E-state index is 10.7. The third-order valence-electron chi connectivity index (χ3n) is 1.34. The first-order valence-corrected chi connectivity index (χ1v) is 5.19. The number of amides is 2. The van der Waals surface area contributed by atoms with Crippen molar-refractivity contribution in [2.45, 2.75) is 6.92 Å². The Labute approximate surface area is 95.8 Å². The highest BCUT2D eigenvalue weighted by atomic mass is 32.1. The molecule has 1 rings (SSSR count). The van der Waals surface area contributed by atoms with E-state index in [-0.39, 0.29) is 10.8 Å². The minimum absolute atomic E-state index is 0.146. The Bertz CT molecular complexity index is 425. The monoisotopic (exact) mass is 243 g/mol. The lowest BCUT2D eigenvalue weighted by Gasteiger charge is -1.92. The number of thiazole rings is 1. The molecule has 0 aliphatic rings. The van der Waals surface area contributed by atoms with Gasteiger partial charge in [0.05, 0.1) is 9.78 Å². The highest BCUT2D eigenvalue weighted by Gasteiger charge is 2.03. The maximum Gasteiger partial charge on any atom is 0.254 e. The number of carbonyl (C=O) groups excluding carboxylic acids is 2. The van der Waals surface area contributed by atoms with Crippen molar-refractivity contribution in [2.75, 3.05) is 5.32 Å². The van der Waals surface area contributed by atoms with Crippen LogP contribution in [0.2, 0.25) is 0 Å². The second kappa shape index (κ2) is 4.94. The van der Waals surface area contributed by atoms with Gasteiger partial charge in [-0.05, 0) is 6.08 Å². The molecule has 15 heavy (non-hydrogen) atoms. The molecule has 0 aromatic carbocycles. The molecule has 0 atom stereocenters. The SMILES string of the molecule is CC(=O)Nc1ncc(/C=C(\S)C(N)=O)s1. The van der Waals surface area contributed by atoms with E-state index in [1.54, 1.807) is 0 Å². The topological polar surface area (TPSA) is 85.1 Å². The fraction of sp³-hybridized carbons (Fsp3) is 0.125. The zero-order chi connectivity index (χ0) is 11.4. The summed E-state index contributed by atoms with van der Waals surface area (Å²) in [6.45, 7) is 1.39. The van der Waals surface area contributed by atoms with Crippen LogP contribution >= 0.6 is 24.0 Å². The Hall–Kier alpha value is -1.34. The normalized spacial score (nSPS) is 11.2. The third kappa shape index (κ3) is 3.72. The molecule has 0 aliphatic heterocycles. The predicted molar refractivity (Wildman–Crippen MR) is 62.6 cm³/mol. The number of anilines is 1. The van der Waals surface area contributed by atoms with Crippen LogP contribution in [0.4, 0.5) is 5.13 Å². The van der Waals surface area contributed by atoms with Gasteiger partial charge in [-0.25, -0.2) is 4.98 Å². The van der Waals surface area contributed by atoms with Crippen molar-refractivity contribution in [2.24, 2.45) is 5.73 Å². The minimum Gasteiger partial charge on any atom is -0.365 e. The van der Waals surface area contributed by atoms with Gasteiger partial charge in [0.15, 0.2) is 5.13 Å². The van der Waals surface area contributed by atoms with Crippen molar-refractivity contribution >= 4 is 47.0 Å². The van der Waals surface area contributed by atoms with Crippen molar-refractivity contribution in [3.05, 3.63) is 16.0 Å². The zero-order valence-electron chi connectivity index (χ0n) is 7.85. The lowest BCUT2D eigenvalue weighted by molar-refractivity contribution is -0.114. The number of nitrogens with zero attached hydrogens (tertiary/aromatic N) is 1. The minimum atomic E-state index is -0.604. The number of aromatic nitrogens is 1. The van der Waals surface area contributed by atoms with Gasteiger partial charge in [-0.15, -0.1) is 12.6 Å². The highest BCUT2D eigenvalue weighted by Crippen LogP contribution is 2.21. The number of hydrogen-bond acceptors (Lipinski definition) is 5. The van der Waals surface area contributed by atoms with E-state index in [9.17, 15) is 9.59 Å². The van der Waals surface area contributed by atoms with Crippen molar-refractivity contribution in [3.8, 4) is 0 Å². The van der Waals surface area contributed by atoms with Crippen LogP contribution in [0.15, 0.2) is 11.1 Å². The molecule has 0 fully saturated rings. The fourth-order valence-corrected chi connectivity index (χ4v) is 1.80. The van der Waals surface area contributed by atoms with Crippen LogP contribution in [0.25, 0.3) is 6.08 Å². The number of nitrogens with two attached hydrogens (primary N) is 1. The Kier molecular flexibility index (Phi) is 3.87. The Morgan fingerprint density at radius 2 is 2.33 bits per heavy atom. The zero-order valence-corrected chi connectivity index (χ0v) is 9.56. The van der Waals surface area contributed by atoms with Gasteiger partial charge in [-0.1, -0.05) is 11.3 Å². The molecule has 0 aliphatic carbocycles. The van der Waals surface area contributed by atoms with E-state index >= 15 is 0 Å². The number of nitrogens with one attached hydrogen (secondary N) is 1. The number of rotatable bonds is 3. The van der Waals surface area contributed by atoms with Gasteiger partial charge in [0.2, 0.25) is 5.91 Å². The van der Waals surface area contributed by atoms with Crippen molar-refractivity contribution in [3.63, 3.8) is 0 Å². The van der Waals surface area contributed by atoms with E-state index in [1.807, 2.05) is 0 Å². The molecule has 0 saturated carbocycles. The van der Waals surface area contributed by atoms with E-state index in [2.05, 4.69) is 22.9 Å². The third-order valence-corrected chi connectivity index (χ3v) is 2.55. The Morgan fingerprint density at radius 3 is 2.87 bits per heavy atom. The summed E-state index contributed by atoms with van der Waals surface area (Å²) in [6, 6.07) is 0. The van der Waals surface area contributed by atoms with Gasteiger partial charge in [-0.3, -0.25) is 9.59 Å². The van der Waals surface area contributed by atoms with Crippen LogP contribution in [0, 0.1) is 0 Å². The van der Waals surface area contributed by atoms with Crippen LogP contribution < -0.4 is 11.1 Å². The summed E-state index contributed by atoms with van der Waals surface area (Å²) in [5.74, 6) is -0.798. The molecule has 1 heterocycles. The second-order valence-electron chi connectivity index (χ2n) is 2.64. The lowest BCUT2D eigenvalue weighted by Crippen LogP contribution is -2.09. The molecule has 7 heteroatoms. The quantitative estimate of drug-likeness (QED) is 0.543. The Balaban J connectivity index is 2.81. The molecule has 80 valence electrons. The van der Waals surface area contributed by atoms with Crippen LogP contribution in [0.5, 0.6) is 0 Å². The van der Waals surface area contributed by atoms with E-state index in [0.717, 1.165) is 0 Å². The summed E-state index contributed by atoms with van der Waals surface area (Å²) in [5, 5.41) is 3.00. The van der Waals surface area contributed by atoms with E-state index in [4.69, 9.17) is 5.73 Å². The van der Waals surface area contributed by atoms with Gasteiger partial charge in [0.1, 0.15) is 0 Å². The summed E-state index contributed by atoms with van der Waals surface area (Å²) in [6.07, 6.45) is 3.02. The smallest absolute Gasteiger partial charge is 0.254 e. The molecule has 1 aromatic heterocycles. The highest BCUT2D eigenvalue weighted by molar-refractivity contribution is 7.85. The number of primary amides is 1. The average molecular weight is 243 g/mol. The van der Waals surface area contributed by atoms with E-state index < -0.39 is 5.91 Å². The van der Waals surface area contributed by atoms with Gasteiger partial charge in [0, 0.05) is 13.1 Å². The molecule has 0 unspecified atom stereocenters. The van der Waals surface area contributed by atoms with Crippen molar-refractivity contribution in [1.29, 1.82) is 0 Å². The van der Waals surface area contributed by atoms with E-state index in [1.165, 1.54) is 30.5 Å². The second-order valence-corrected chi connectivity index (χ2v) is 4.19.